The van der Waals surface area contributed by atoms with Crippen molar-refractivity contribution < 1.29 is 5.11 Å². The van der Waals surface area contributed by atoms with E-state index in [1.807, 2.05) is 0 Å². The Bertz CT molecular complexity index is 91.3. The minimum absolute atomic E-state index is 0.259. The molecule has 0 aliphatic heterocycles. The molecule has 0 amide bonds. The van der Waals surface area contributed by atoms with E-state index in [9.17, 15) is 0 Å². The molecule has 1 unspecified atom stereocenters. The topological polar surface area (TPSA) is 32.3 Å². The van der Waals surface area contributed by atoms with Crippen LogP contribution in [0.5, 0.6) is 0 Å². The number of nitrogens with one attached hydrogen (secondary N) is 1. The van der Waals surface area contributed by atoms with Crippen LogP contribution < -0.4 is 5.32 Å². The standard InChI is InChI=1S/C8H17NO/c1-7(9-4-5-10)6-8-2-3-8/h7-10H,2-6H2,1H3. The maximum atomic E-state index is 8.50. The highest BCUT2D eigenvalue weighted by molar-refractivity contribution is 4.77. The number of hydrogen-bond donors (Lipinski definition) is 2. The van der Waals surface area contributed by atoms with E-state index in [0.29, 0.717) is 6.04 Å². The van der Waals surface area contributed by atoms with E-state index in [1.165, 1.54) is 19.3 Å². The van der Waals surface area contributed by atoms with E-state index in [2.05, 4.69) is 12.2 Å². The molecule has 0 aromatic heterocycles. The summed E-state index contributed by atoms with van der Waals surface area (Å²) in [6, 6.07) is 0.597. The van der Waals surface area contributed by atoms with E-state index in [4.69, 9.17) is 5.11 Å². The van der Waals surface area contributed by atoms with Crippen molar-refractivity contribution in [1.82, 2.24) is 5.32 Å². The Labute approximate surface area is 62.6 Å². The smallest absolute Gasteiger partial charge is 0.0556 e. The summed E-state index contributed by atoms with van der Waals surface area (Å²) in [7, 11) is 0. The molecular weight excluding hydrogens is 126 g/mol. The highest BCUT2D eigenvalue weighted by Gasteiger charge is 2.22. The van der Waals surface area contributed by atoms with Crippen molar-refractivity contribution in [2.75, 3.05) is 13.2 Å². The quantitative estimate of drug-likeness (QED) is 0.595. The average molecular weight is 143 g/mol. The van der Waals surface area contributed by atoms with Crippen LogP contribution in [-0.2, 0) is 0 Å². The van der Waals surface area contributed by atoms with Crippen LogP contribution in [0.2, 0.25) is 0 Å². The molecule has 0 heterocycles. The van der Waals surface area contributed by atoms with E-state index in [-0.39, 0.29) is 6.61 Å². The van der Waals surface area contributed by atoms with E-state index in [1.54, 1.807) is 0 Å². The summed E-state index contributed by atoms with van der Waals surface area (Å²) in [5.74, 6) is 0.987. The van der Waals surface area contributed by atoms with E-state index in [0.717, 1.165) is 12.5 Å². The van der Waals surface area contributed by atoms with Crippen LogP contribution in [0.4, 0.5) is 0 Å². The monoisotopic (exact) mass is 143 g/mol. The van der Waals surface area contributed by atoms with Gasteiger partial charge in [-0.15, -0.1) is 0 Å². The SMILES string of the molecule is CC(CC1CC1)NCCO. The maximum absolute atomic E-state index is 8.50. The molecule has 60 valence electrons. The highest BCUT2D eigenvalue weighted by Crippen LogP contribution is 2.33. The second kappa shape index (κ2) is 3.94. The molecular formula is C8H17NO. The van der Waals surface area contributed by atoms with Crippen LogP contribution in [0, 0.1) is 5.92 Å². The molecule has 0 aromatic rings. The van der Waals surface area contributed by atoms with Gasteiger partial charge in [-0.05, 0) is 19.3 Å². The lowest BCUT2D eigenvalue weighted by molar-refractivity contribution is 0.283. The van der Waals surface area contributed by atoms with Gasteiger partial charge in [0, 0.05) is 12.6 Å². The Balaban J connectivity index is 1.91. The van der Waals surface area contributed by atoms with Crippen LogP contribution in [0.25, 0.3) is 0 Å². The van der Waals surface area contributed by atoms with Gasteiger partial charge in [-0.1, -0.05) is 12.8 Å². The minimum atomic E-state index is 0.259. The van der Waals surface area contributed by atoms with E-state index >= 15 is 0 Å². The van der Waals surface area contributed by atoms with Crippen molar-refractivity contribution >= 4 is 0 Å². The van der Waals surface area contributed by atoms with Crippen LogP contribution in [0.3, 0.4) is 0 Å². The van der Waals surface area contributed by atoms with Gasteiger partial charge in [0.05, 0.1) is 6.61 Å². The first-order valence-electron chi connectivity index (χ1n) is 4.17. The van der Waals surface area contributed by atoms with Crippen molar-refractivity contribution in [2.24, 2.45) is 5.92 Å². The molecule has 0 saturated heterocycles. The van der Waals surface area contributed by atoms with Gasteiger partial charge in [-0.3, -0.25) is 0 Å². The zero-order valence-corrected chi connectivity index (χ0v) is 6.64. The van der Waals surface area contributed by atoms with Crippen molar-refractivity contribution in [1.29, 1.82) is 0 Å². The first kappa shape index (κ1) is 8.02. The van der Waals surface area contributed by atoms with Crippen molar-refractivity contribution in [3.8, 4) is 0 Å². The van der Waals surface area contributed by atoms with Crippen LogP contribution in [-0.4, -0.2) is 24.3 Å². The summed E-state index contributed by atoms with van der Waals surface area (Å²) in [6.45, 7) is 3.19. The van der Waals surface area contributed by atoms with Crippen LogP contribution >= 0.6 is 0 Å². The Morgan fingerprint density at radius 1 is 1.60 bits per heavy atom. The molecule has 1 atom stereocenters. The first-order valence-corrected chi connectivity index (χ1v) is 4.17. The molecule has 2 nitrogen and oxygen atoms in total. The van der Waals surface area contributed by atoms with Crippen LogP contribution in [0.1, 0.15) is 26.2 Å². The average Bonchev–Trinajstić information content (AvgIpc) is 2.67. The maximum Gasteiger partial charge on any atom is 0.0556 e. The predicted molar refractivity (Wildman–Crippen MR) is 41.9 cm³/mol. The van der Waals surface area contributed by atoms with Gasteiger partial charge in [-0.2, -0.15) is 0 Å². The number of aliphatic hydroxyl groups excluding tert-OH is 1. The summed E-state index contributed by atoms with van der Waals surface area (Å²) in [6.07, 6.45) is 4.14. The van der Waals surface area contributed by atoms with Crippen molar-refractivity contribution in [3.05, 3.63) is 0 Å². The third-order valence-corrected chi connectivity index (χ3v) is 1.99. The second-order valence-electron chi connectivity index (χ2n) is 3.26. The normalized spacial score (nSPS) is 21.0. The molecule has 1 aliphatic rings. The van der Waals surface area contributed by atoms with Crippen molar-refractivity contribution in [2.45, 2.75) is 32.2 Å². The molecule has 2 heteroatoms. The van der Waals surface area contributed by atoms with Gasteiger partial charge in [0.1, 0.15) is 0 Å². The van der Waals surface area contributed by atoms with Gasteiger partial charge < -0.3 is 10.4 Å². The summed E-state index contributed by atoms with van der Waals surface area (Å²) in [4.78, 5) is 0. The third-order valence-electron chi connectivity index (χ3n) is 1.99. The molecule has 1 aliphatic carbocycles. The zero-order valence-electron chi connectivity index (χ0n) is 6.64. The lowest BCUT2D eigenvalue weighted by Gasteiger charge is -2.11. The Morgan fingerprint density at radius 2 is 2.30 bits per heavy atom. The second-order valence-corrected chi connectivity index (χ2v) is 3.26. The lowest BCUT2D eigenvalue weighted by atomic mass is 10.2. The molecule has 0 bridgehead atoms. The van der Waals surface area contributed by atoms with Gasteiger partial charge in [0.25, 0.3) is 0 Å². The predicted octanol–water partition coefficient (Wildman–Crippen LogP) is 0.757. The molecule has 0 aromatic carbocycles. The lowest BCUT2D eigenvalue weighted by Crippen LogP contribution is -2.29. The highest BCUT2D eigenvalue weighted by atomic mass is 16.3. The van der Waals surface area contributed by atoms with Gasteiger partial charge in [0.15, 0.2) is 0 Å². The Hall–Kier alpha value is -0.0800. The molecule has 1 saturated carbocycles. The van der Waals surface area contributed by atoms with Gasteiger partial charge in [0.2, 0.25) is 0 Å². The zero-order chi connectivity index (χ0) is 7.40. The molecule has 1 rings (SSSR count). The summed E-state index contributed by atoms with van der Waals surface area (Å²) in [5, 5.41) is 11.8. The van der Waals surface area contributed by atoms with Crippen LogP contribution in [0.15, 0.2) is 0 Å². The first-order chi connectivity index (χ1) is 4.83. The number of aliphatic hydroxyl groups is 1. The fourth-order valence-electron chi connectivity index (χ4n) is 1.25. The fraction of sp³-hybridized carbons (Fsp3) is 1.00. The Morgan fingerprint density at radius 3 is 2.80 bits per heavy atom. The molecule has 2 N–H and O–H groups in total. The largest absolute Gasteiger partial charge is 0.395 e. The third kappa shape index (κ3) is 3.18. The van der Waals surface area contributed by atoms with Crippen molar-refractivity contribution in [3.63, 3.8) is 0 Å². The minimum Gasteiger partial charge on any atom is -0.395 e. The number of hydrogen-bond acceptors (Lipinski definition) is 2. The Kier molecular flexibility index (Phi) is 3.16. The fourth-order valence-corrected chi connectivity index (χ4v) is 1.25. The van der Waals surface area contributed by atoms with Gasteiger partial charge in [-0.25, -0.2) is 0 Å². The van der Waals surface area contributed by atoms with Gasteiger partial charge >= 0.3 is 0 Å². The molecule has 1 fully saturated rings. The van der Waals surface area contributed by atoms with E-state index < -0.39 is 0 Å². The number of rotatable bonds is 5. The summed E-state index contributed by atoms with van der Waals surface area (Å²) >= 11 is 0. The molecule has 10 heavy (non-hydrogen) atoms. The molecule has 0 spiro atoms. The summed E-state index contributed by atoms with van der Waals surface area (Å²) < 4.78 is 0. The summed E-state index contributed by atoms with van der Waals surface area (Å²) in [5.41, 5.74) is 0. The molecule has 0 radical (unpaired) electrons.